The minimum absolute atomic E-state index is 0.0354. The van der Waals surface area contributed by atoms with Gasteiger partial charge in [0.25, 0.3) is 5.56 Å². The number of nitrogens with zero attached hydrogens (tertiary/aromatic N) is 2. The third-order valence-corrected chi connectivity index (χ3v) is 4.54. The third kappa shape index (κ3) is 4.79. The second kappa shape index (κ2) is 8.59. The number of hydrogen-bond acceptors (Lipinski definition) is 7. The molecule has 0 aliphatic rings. The molecule has 0 unspecified atom stereocenters. The summed E-state index contributed by atoms with van der Waals surface area (Å²) >= 11 is 1.32. The van der Waals surface area contributed by atoms with Crippen LogP contribution in [0.4, 0.5) is 0 Å². The molecule has 2 heterocycles. The van der Waals surface area contributed by atoms with E-state index in [0.29, 0.717) is 28.6 Å². The van der Waals surface area contributed by atoms with Gasteiger partial charge in [0, 0.05) is 29.6 Å². The van der Waals surface area contributed by atoms with Gasteiger partial charge >= 0.3 is 5.97 Å². The summed E-state index contributed by atoms with van der Waals surface area (Å²) in [6.45, 7) is 2.34. The van der Waals surface area contributed by atoms with Crippen LogP contribution in [0.1, 0.15) is 35.8 Å². The molecule has 0 saturated heterocycles. The van der Waals surface area contributed by atoms with E-state index < -0.39 is 5.97 Å². The SMILES string of the molecule is CCOc1ccc(C(=O)CCC(=O)OCc2cc(=O)n3ccsc3n2)cc1. The van der Waals surface area contributed by atoms with Gasteiger partial charge in [-0.2, -0.15) is 0 Å². The average molecular weight is 386 g/mol. The normalized spacial score (nSPS) is 10.7. The van der Waals surface area contributed by atoms with E-state index in [1.807, 2.05) is 6.92 Å². The minimum Gasteiger partial charge on any atom is -0.494 e. The molecule has 3 aromatic rings. The van der Waals surface area contributed by atoms with Crippen LogP contribution in [0.5, 0.6) is 5.75 Å². The lowest BCUT2D eigenvalue weighted by atomic mass is 10.1. The molecule has 0 N–H and O–H groups in total. The van der Waals surface area contributed by atoms with Crippen molar-refractivity contribution in [3.63, 3.8) is 0 Å². The highest BCUT2D eigenvalue weighted by Gasteiger charge is 2.12. The fourth-order valence-corrected chi connectivity index (χ4v) is 3.19. The predicted molar refractivity (Wildman–Crippen MR) is 100 cm³/mol. The summed E-state index contributed by atoms with van der Waals surface area (Å²) in [5.74, 6) is 0.0356. The van der Waals surface area contributed by atoms with Crippen molar-refractivity contribution in [3.8, 4) is 5.75 Å². The molecule has 140 valence electrons. The number of fused-ring (bicyclic) bond motifs is 1. The Morgan fingerprint density at radius 1 is 1.19 bits per heavy atom. The second-order valence-electron chi connectivity index (χ2n) is 5.68. The highest BCUT2D eigenvalue weighted by atomic mass is 32.1. The molecule has 0 bridgehead atoms. The first kappa shape index (κ1) is 18.8. The van der Waals surface area contributed by atoms with Crippen LogP contribution in [-0.4, -0.2) is 27.7 Å². The monoisotopic (exact) mass is 386 g/mol. The Labute approximate surface area is 159 Å². The van der Waals surface area contributed by atoms with Crippen molar-refractivity contribution in [2.45, 2.75) is 26.4 Å². The number of rotatable bonds is 8. The number of thiazole rings is 1. The van der Waals surface area contributed by atoms with Crippen molar-refractivity contribution < 1.29 is 19.1 Å². The number of Topliss-reactive ketones (excluding diaryl/α,β-unsaturated/α-hetero) is 1. The van der Waals surface area contributed by atoms with Gasteiger partial charge in [-0.05, 0) is 31.2 Å². The molecule has 0 saturated carbocycles. The maximum absolute atomic E-state index is 12.2. The zero-order chi connectivity index (χ0) is 19.2. The summed E-state index contributed by atoms with van der Waals surface area (Å²) in [7, 11) is 0. The molecular formula is C19H18N2O5S. The minimum atomic E-state index is -0.512. The van der Waals surface area contributed by atoms with Crippen molar-refractivity contribution in [3.05, 3.63) is 63.5 Å². The van der Waals surface area contributed by atoms with Crippen LogP contribution in [0, 0.1) is 0 Å². The average Bonchev–Trinajstić information content (AvgIpc) is 3.14. The summed E-state index contributed by atoms with van der Waals surface area (Å²) in [5, 5.41) is 1.76. The van der Waals surface area contributed by atoms with Crippen LogP contribution in [0.15, 0.2) is 46.7 Å². The number of esters is 1. The van der Waals surface area contributed by atoms with Gasteiger partial charge in [0.05, 0.1) is 18.7 Å². The van der Waals surface area contributed by atoms with E-state index in [2.05, 4.69) is 4.98 Å². The molecular weight excluding hydrogens is 368 g/mol. The highest BCUT2D eigenvalue weighted by molar-refractivity contribution is 7.15. The predicted octanol–water partition coefficient (Wildman–Crippen LogP) is 2.86. The third-order valence-electron chi connectivity index (χ3n) is 3.78. The first-order chi connectivity index (χ1) is 13.1. The summed E-state index contributed by atoms with van der Waals surface area (Å²) in [5.41, 5.74) is 0.677. The lowest BCUT2D eigenvalue weighted by molar-refractivity contribution is -0.145. The lowest BCUT2D eigenvalue weighted by Crippen LogP contribution is -2.15. The zero-order valence-electron chi connectivity index (χ0n) is 14.7. The molecule has 8 heteroatoms. The van der Waals surface area contributed by atoms with Gasteiger partial charge in [-0.25, -0.2) is 4.98 Å². The maximum atomic E-state index is 12.2. The molecule has 1 aromatic carbocycles. The number of ketones is 1. The van der Waals surface area contributed by atoms with Crippen LogP contribution < -0.4 is 10.3 Å². The van der Waals surface area contributed by atoms with Gasteiger partial charge in [0.1, 0.15) is 12.4 Å². The van der Waals surface area contributed by atoms with Gasteiger partial charge in [-0.15, -0.1) is 11.3 Å². The van der Waals surface area contributed by atoms with Crippen LogP contribution >= 0.6 is 11.3 Å². The molecule has 7 nitrogen and oxygen atoms in total. The van der Waals surface area contributed by atoms with E-state index in [9.17, 15) is 14.4 Å². The van der Waals surface area contributed by atoms with E-state index in [-0.39, 0.29) is 30.8 Å². The maximum Gasteiger partial charge on any atom is 0.306 e. The Morgan fingerprint density at radius 2 is 1.96 bits per heavy atom. The Balaban J connectivity index is 1.50. The fourth-order valence-electron chi connectivity index (χ4n) is 2.45. The number of hydrogen-bond donors (Lipinski definition) is 0. The van der Waals surface area contributed by atoms with Crippen molar-refractivity contribution in [2.75, 3.05) is 6.61 Å². The number of ether oxygens (including phenoxy) is 2. The van der Waals surface area contributed by atoms with Gasteiger partial charge in [-0.1, -0.05) is 0 Å². The Hall–Kier alpha value is -3.00. The molecule has 3 rings (SSSR count). The quantitative estimate of drug-likeness (QED) is 0.437. The topological polar surface area (TPSA) is 87.0 Å². The van der Waals surface area contributed by atoms with Crippen LogP contribution in [0.25, 0.3) is 4.96 Å². The van der Waals surface area contributed by atoms with Gasteiger partial charge in [0.2, 0.25) is 0 Å². The smallest absolute Gasteiger partial charge is 0.306 e. The molecule has 0 aliphatic carbocycles. The number of benzene rings is 1. The molecule has 0 radical (unpaired) electrons. The van der Waals surface area contributed by atoms with Crippen LogP contribution in [0.3, 0.4) is 0 Å². The molecule has 0 atom stereocenters. The van der Waals surface area contributed by atoms with Crippen molar-refractivity contribution >= 4 is 28.1 Å². The Bertz CT molecular complexity index is 1010. The van der Waals surface area contributed by atoms with Crippen molar-refractivity contribution in [1.82, 2.24) is 9.38 Å². The van der Waals surface area contributed by atoms with Crippen molar-refractivity contribution in [1.29, 1.82) is 0 Å². The second-order valence-corrected chi connectivity index (χ2v) is 6.56. The summed E-state index contributed by atoms with van der Waals surface area (Å²) in [4.78, 5) is 40.7. The first-order valence-corrected chi connectivity index (χ1v) is 9.32. The van der Waals surface area contributed by atoms with E-state index in [0.717, 1.165) is 0 Å². The summed E-state index contributed by atoms with van der Waals surface area (Å²) in [6, 6.07) is 8.12. The number of carbonyl (C=O) groups is 2. The lowest BCUT2D eigenvalue weighted by Gasteiger charge is -2.06. The highest BCUT2D eigenvalue weighted by Crippen LogP contribution is 2.14. The van der Waals surface area contributed by atoms with E-state index in [1.54, 1.807) is 35.8 Å². The van der Waals surface area contributed by atoms with E-state index >= 15 is 0 Å². The van der Waals surface area contributed by atoms with Gasteiger partial charge in [-0.3, -0.25) is 18.8 Å². The van der Waals surface area contributed by atoms with Crippen LogP contribution in [-0.2, 0) is 16.1 Å². The largest absolute Gasteiger partial charge is 0.494 e. The number of aromatic nitrogens is 2. The molecule has 27 heavy (non-hydrogen) atoms. The Kier molecular flexibility index (Phi) is 5.97. The van der Waals surface area contributed by atoms with Crippen LogP contribution in [0.2, 0.25) is 0 Å². The first-order valence-electron chi connectivity index (χ1n) is 8.44. The van der Waals surface area contributed by atoms with E-state index in [1.165, 1.54) is 21.8 Å². The summed E-state index contributed by atoms with van der Waals surface area (Å²) in [6.07, 6.45) is 1.65. The fraction of sp³-hybridized carbons (Fsp3) is 0.263. The number of carbonyl (C=O) groups excluding carboxylic acids is 2. The van der Waals surface area contributed by atoms with E-state index in [4.69, 9.17) is 9.47 Å². The van der Waals surface area contributed by atoms with Gasteiger partial charge < -0.3 is 9.47 Å². The van der Waals surface area contributed by atoms with Gasteiger partial charge in [0.15, 0.2) is 10.7 Å². The Morgan fingerprint density at radius 3 is 2.70 bits per heavy atom. The molecule has 0 fully saturated rings. The molecule has 0 aliphatic heterocycles. The molecule has 0 spiro atoms. The van der Waals surface area contributed by atoms with Crippen molar-refractivity contribution in [2.24, 2.45) is 0 Å². The summed E-state index contributed by atoms with van der Waals surface area (Å²) < 4.78 is 11.9. The standard InChI is InChI=1S/C19H18N2O5S/c1-2-25-15-5-3-13(4-6-15)16(22)7-8-18(24)26-12-14-11-17(23)21-9-10-27-19(21)20-14/h3-6,9-11H,2,7-8,12H2,1H3. The zero-order valence-corrected chi connectivity index (χ0v) is 15.5. The molecule has 0 amide bonds. The molecule has 2 aromatic heterocycles.